The molecule has 7 N–H and O–H groups in total. The van der Waals surface area contributed by atoms with Crippen LogP contribution in [0.1, 0.15) is 23.1 Å². The summed E-state index contributed by atoms with van der Waals surface area (Å²) in [6.07, 6.45) is -1.91. The molecule has 10 nitrogen and oxygen atoms in total. The van der Waals surface area contributed by atoms with E-state index in [1.54, 1.807) is 30.3 Å². The molecule has 1 unspecified atom stereocenters. The van der Waals surface area contributed by atoms with E-state index in [1.807, 2.05) is 0 Å². The smallest absolute Gasteiger partial charge is 0.253 e. The predicted octanol–water partition coefficient (Wildman–Crippen LogP) is -0.142. The lowest BCUT2D eigenvalue weighted by Gasteiger charge is -2.25. The Morgan fingerprint density at radius 2 is 1.91 bits per heavy atom. The highest BCUT2D eigenvalue weighted by Crippen LogP contribution is 2.23. The number of nitrogen functional groups attached to an aromatic ring is 1. The minimum atomic E-state index is -1.61. The Balaban J connectivity index is 1.67. The maximum Gasteiger partial charge on any atom is 0.253 e. The summed E-state index contributed by atoms with van der Waals surface area (Å²) < 4.78 is 0. The van der Waals surface area contributed by atoms with Gasteiger partial charge in [-0.3, -0.25) is 19.8 Å². The maximum absolute atomic E-state index is 12.8. The second-order valence-electron chi connectivity index (χ2n) is 7.38. The molecule has 3 amide bonds. The minimum Gasteiger partial charge on any atom is -0.395 e. The van der Waals surface area contributed by atoms with Crippen molar-refractivity contribution in [2.24, 2.45) is 5.73 Å². The summed E-state index contributed by atoms with van der Waals surface area (Å²) in [5, 5.41) is 32.3. The number of hydrogen-bond acceptors (Lipinski definition) is 6. The molecule has 3 rings (SSSR count). The van der Waals surface area contributed by atoms with Crippen molar-refractivity contribution in [3.05, 3.63) is 59.2 Å². The summed E-state index contributed by atoms with van der Waals surface area (Å²) in [6, 6.07) is 11.4. The van der Waals surface area contributed by atoms with E-state index in [1.165, 1.54) is 17.0 Å². The molecule has 1 aliphatic rings. The number of benzene rings is 2. The predicted molar refractivity (Wildman–Crippen MR) is 118 cm³/mol. The van der Waals surface area contributed by atoms with E-state index in [2.05, 4.69) is 10.6 Å². The fourth-order valence-corrected chi connectivity index (χ4v) is 3.37. The van der Waals surface area contributed by atoms with Crippen molar-refractivity contribution in [1.29, 1.82) is 5.41 Å². The number of aliphatic hydroxyl groups excluding tert-OH is 2. The molecule has 0 saturated carbocycles. The molecular formula is C22H25N5O5. The number of nitrogens with one attached hydrogen (secondary N) is 3. The third-order valence-electron chi connectivity index (χ3n) is 5.09. The van der Waals surface area contributed by atoms with Gasteiger partial charge in [-0.1, -0.05) is 6.07 Å². The first kappa shape index (κ1) is 22.9. The molecule has 0 bridgehead atoms. The first-order valence-corrected chi connectivity index (χ1v) is 10.0. The summed E-state index contributed by atoms with van der Waals surface area (Å²) >= 11 is 0. The number of rotatable bonds is 8. The topological polar surface area (TPSA) is 169 Å². The summed E-state index contributed by atoms with van der Waals surface area (Å²) in [6.45, 7) is 0.0768. The van der Waals surface area contributed by atoms with Gasteiger partial charge in [-0.2, -0.15) is 0 Å². The van der Waals surface area contributed by atoms with E-state index < -0.39 is 24.3 Å². The van der Waals surface area contributed by atoms with Crippen molar-refractivity contribution in [3.8, 4) is 0 Å². The van der Waals surface area contributed by atoms with E-state index in [0.717, 1.165) is 11.1 Å². The summed E-state index contributed by atoms with van der Waals surface area (Å²) in [5.74, 6) is -1.53. The van der Waals surface area contributed by atoms with Crippen LogP contribution in [0.5, 0.6) is 0 Å². The van der Waals surface area contributed by atoms with Gasteiger partial charge in [0.2, 0.25) is 11.8 Å². The first-order valence-electron chi connectivity index (χ1n) is 10.0. The van der Waals surface area contributed by atoms with Gasteiger partial charge in [0.05, 0.1) is 19.4 Å². The Kier molecular flexibility index (Phi) is 7.18. The fraction of sp³-hybridized carbons (Fsp3) is 0.273. The van der Waals surface area contributed by atoms with Gasteiger partial charge in [0.15, 0.2) is 0 Å². The Morgan fingerprint density at radius 1 is 1.19 bits per heavy atom. The number of hydrogen-bond donors (Lipinski definition) is 6. The zero-order chi connectivity index (χ0) is 23.3. The standard InChI is InChI=1S/C22H25N5O5/c23-21(24)13-1-4-16(5-2-13)26-22(32)18(29)11-20(31)27(7-8-28)17-6-3-14-12-25-19(30)10-15(14)9-17/h1-6,9,18,28-29H,7-8,10-12H2,(H3,23,24)(H,25,30)(H,26,32). The van der Waals surface area contributed by atoms with Gasteiger partial charge in [-0.05, 0) is 47.5 Å². The monoisotopic (exact) mass is 439 g/mol. The third-order valence-corrected chi connectivity index (χ3v) is 5.09. The van der Waals surface area contributed by atoms with Crippen LogP contribution >= 0.6 is 0 Å². The zero-order valence-electron chi connectivity index (χ0n) is 17.3. The van der Waals surface area contributed by atoms with Gasteiger partial charge < -0.3 is 31.5 Å². The first-order chi connectivity index (χ1) is 15.3. The van der Waals surface area contributed by atoms with Crippen LogP contribution in [0.25, 0.3) is 0 Å². The molecule has 168 valence electrons. The van der Waals surface area contributed by atoms with E-state index in [4.69, 9.17) is 11.1 Å². The van der Waals surface area contributed by atoms with Crippen molar-refractivity contribution in [3.63, 3.8) is 0 Å². The molecule has 1 atom stereocenters. The second kappa shape index (κ2) is 10.0. The highest BCUT2D eigenvalue weighted by Gasteiger charge is 2.25. The normalized spacial score (nSPS) is 13.5. The molecule has 0 aliphatic carbocycles. The summed E-state index contributed by atoms with van der Waals surface area (Å²) in [7, 11) is 0. The Labute approximate surface area is 184 Å². The summed E-state index contributed by atoms with van der Waals surface area (Å²) in [5.41, 5.74) is 8.47. The lowest BCUT2D eigenvalue weighted by molar-refractivity contribution is -0.129. The van der Waals surface area contributed by atoms with Crippen molar-refractivity contribution >= 4 is 34.9 Å². The van der Waals surface area contributed by atoms with Crippen molar-refractivity contribution in [2.75, 3.05) is 23.4 Å². The van der Waals surface area contributed by atoms with Crippen molar-refractivity contribution in [1.82, 2.24) is 5.32 Å². The number of carbonyl (C=O) groups excluding carboxylic acids is 3. The number of carbonyl (C=O) groups is 3. The SMILES string of the molecule is N=C(N)c1ccc(NC(=O)C(O)CC(=O)N(CCO)c2ccc3c(c2)CC(=O)NC3)cc1. The van der Waals surface area contributed by atoms with Crippen molar-refractivity contribution < 1.29 is 24.6 Å². The van der Waals surface area contributed by atoms with E-state index in [0.29, 0.717) is 23.5 Å². The minimum absolute atomic E-state index is 0.0232. The quantitative estimate of drug-likeness (QED) is 0.247. The molecule has 32 heavy (non-hydrogen) atoms. The van der Waals surface area contributed by atoms with Crippen molar-refractivity contribution in [2.45, 2.75) is 25.5 Å². The molecular weight excluding hydrogens is 414 g/mol. The number of amides is 3. The van der Waals surface area contributed by atoms with Crippen LogP contribution in [0, 0.1) is 5.41 Å². The van der Waals surface area contributed by atoms with E-state index in [9.17, 15) is 24.6 Å². The van der Waals surface area contributed by atoms with Gasteiger partial charge in [0.1, 0.15) is 11.9 Å². The molecule has 0 aromatic heterocycles. The van der Waals surface area contributed by atoms with Gasteiger partial charge in [0.25, 0.3) is 5.91 Å². The molecule has 0 saturated heterocycles. The van der Waals surface area contributed by atoms with Crippen LogP contribution in [0.4, 0.5) is 11.4 Å². The molecule has 1 aliphatic heterocycles. The van der Waals surface area contributed by atoms with Crippen LogP contribution in [-0.2, 0) is 27.3 Å². The van der Waals surface area contributed by atoms with Gasteiger partial charge in [-0.25, -0.2) is 0 Å². The maximum atomic E-state index is 12.8. The number of aliphatic hydroxyl groups is 2. The number of amidine groups is 1. The highest BCUT2D eigenvalue weighted by molar-refractivity contribution is 6.01. The van der Waals surface area contributed by atoms with Gasteiger partial charge >= 0.3 is 0 Å². The second-order valence-corrected chi connectivity index (χ2v) is 7.38. The highest BCUT2D eigenvalue weighted by atomic mass is 16.3. The fourth-order valence-electron chi connectivity index (χ4n) is 3.37. The van der Waals surface area contributed by atoms with Crippen LogP contribution in [0.15, 0.2) is 42.5 Å². The summed E-state index contributed by atoms with van der Waals surface area (Å²) in [4.78, 5) is 38.1. The lowest BCUT2D eigenvalue weighted by atomic mass is 9.99. The van der Waals surface area contributed by atoms with Gasteiger partial charge in [-0.15, -0.1) is 0 Å². The third kappa shape index (κ3) is 5.48. The Morgan fingerprint density at radius 3 is 2.56 bits per heavy atom. The molecule has 0 radical (unpaired) electrons. The molecule has 2 aromatic rings. The van der Waals surface area contributed by atoms with E-state index >= 15 is 0 Å². The molecule has 0 spiro atoms. The lowest BCUT2D eigenvalue weighted by Crippen LogP contribution is -2.39. The Bertz CT molecular complexity index is 1040. The molecule has 10 heteroatoms. The number of nitrogens with zero attached hydrogens (tertiary/aromatic N) is 1. The van der Waals surface area contributed by atoms with E-state index in [-0.39, 0.29) is 31.3 Å². The largest absolute Gasteiger partial charge is 0.395 e. The number of fused-ring (bicyclic) bond motifs is 1. The number of anilines is 2. The van der Waals surface area contributed by atoms with Crippen LogP contribution in [0.3, 0.4) is 0 Å². The zero-order valence-corrected chi connectivity index (χ0v) is 17.3. The Hall–Kier alpha value is -3.76. The van der Waals surface area contributed by atoms with Crippen LogP contribution in [0.2, 0.25) is 0 Å². The average molecular weight is 439 g/mol. The molecule has 1 heterocycles. The van der Waals surface area contributed by atoms with Crippen LogP contribution in [-0.4, -0.2) is 53.0 Å². The average Bonchev–Trinajstić information content (AvgIpc) is 2.77. The van der Waals surface area contributed by atoms with Gasteiger partial charge in [0, 0.05) is 30.0 Å². The molecule has 2 aromatic carbocycles. The number of nitrogens with two attached hydrogens (primary N) is 1. The van der Waals surface area contributed by atoms with Crippen LogP contribution < -0.4 is 21.3 Å². The molecule has 0 fully saturated rings.